The van der Waals surface area contributed by atoms with Crippen LogP contribution < -0.4 is 0 Å². The average molecular weight is 453 g/mol. The van der Waals surface area contributed by atoms with Gasteiger partial charge < -0.3 is 4.57 Å². The van der Waals surface area contributed by atoms with E-state index in [1.54, 1.807) is 18.3 Å². The molecule has 0 N–H and O–H groups in total. The highest BCUT2D eigenvalue weighted by molar-refractivity contribution is 7.98. The van der Waals surface area contributed by atoms with Crippen LogP contribution >= 0.6 is 11.8 Å². The van der Waals surface area contributed by atoms with Gasteiger partial charge in [0, 0.05) is 35.5 Å². The minimum absolute atomic E-state index is 0.0729. The first-order valence-electron chi connectivity index (χ1n) is 10.4. The second kappa shape index (κ2) is 8.52. The van der Waals surface area contributed by atoms with Crippen LogP contribution in [0.5, 0.6) is 0 Å². The van der Waals surface area contributed by atoms with Crippen molar-refractivity contribution in [3.63, 3.8) is 0 Å². The minimum atomic E-state index is -0.370. The van der Waals surface area contributed by atoms with Crippen molar-refractivity contribution in [3.05, 3.63) is 101 Å². The number of non-ortho nitro benzene ring substituents is 1. The lowest BCUT2D eigenvalue weighted by atomic mass is 10.00. The second-order valence-electron chi connectivity index (χ2n) is 7.72. The second-order valence-corrected chi connectivity index (χ2v) is 8.49. The first-order valence-corrected chi connectivity index (χ1v) is 11.6. The van der Waals surface area contributed by atoms with Crippen LogP contribution in [0.25, 0.3) is 39.0 Å². The average Bonchev–Trinajstić information content (AvgIpc) is 3.23. The molecule has 2 aromatic heterocycles. The highest BCUT2D eigenvalue weighted by atomic mass is 32.2. The minimum Gasteiger partial charge on any atom is -0.300 e. The van der Waals surface area contributed by atoms with E-state index in [1.807, 2.05) is 24.5 Å². The summed E-state index contributed by atoms with van der Waals surface area (Å²) in [5.74, 6) is 0.772. The van der Waals surface area contributed by atoms with Gasteiger partial charge in [0.1, 0.15) is 5.82 Å². The molecule has 5 aromatic rings. The van der Waals surface area contributed by atoms with E-state index in [4.69, 9.17) is 4.98 Å². The molecule has 0 amide bonds. The van der Waals surface area contributed by atoms with Gasteiger partial charge in [-0.25, -0.2) is 9.97 Å². The number of benzene rings is 3. The van der Waals surface area contributed by atoms with Crippen molar-refractivity contribution in [2.24, 2.45) is 0 Å². The zero-order valence-electron chi connectivity index (χ0n) is 18.1. The molecule has 0 aliphatic heterocycles. The molecule has 0 saturated carbocycles. The molecule has 0 saturated heterocycles. The fourth-order valence-electron chi connectivity index (χ4n) is 3.92. The molecule has 0 unspecified atom stereocenters. The predicted octanol–water partition coefficient (Wildman–Crippen LogP) is 6.69. The Morgan fingerprint density at radius 1 is 0.939 bits per heavy atom. The van der Waals surface area contributed by atoms with E-state index in [9.17, 15) is 10.1 Å². The first kappa shape index (κ1) is 20.9. The van der Waals surface area contributed by atoms with E-state index in [0.29, 0.717) is 5.16 Å². The van der Waals surface area contributed by atoms with E-state index in [1.165, 1.54) is 23.4 Å². The lowest BCUT2D eigenvalue weighted by Crippen LogP contribution is -1.98. The van der Waals surface area contributed by atoms with Gasteiger partial charge in [0.15, 0.2) is 5.16 Å². The van der Waals surface area contributed by atoms with Gasteiger partial charge in [-0.15, -0.1) is 0 Å². The van der Waals surface area contributed by atoms with E-state index in [2.05, 4.69) is 59.1 Å². The Bertz CT molecular complexity index is 1490. The van der Waals surface area contributed by atoms with E-state index in [-0.39, 0.29) is 10.6 Å². The van der Waals surface area contributed by atoms with Crippen LogP contribution in [0.3, 0.4) is 0 Å². The van der Waals surface area contributed by atoms with Crippen molar-refractivity contribution in [2.45, 2.75) is 12.1 Å². The van der Waals surface area contributed by atoms with Crippen LogP contribution in [0.15, 0.2) is 90.3 Å². The largest absolute Gasteiger partial charge is 0.300 e. The van der Waals surface area contributed by atoms with Crippen LogP contribution in [-0.4, -0.2) is 25.7 Å². The fraction of sp³-hybridized carbons (Fsp3) is 0.0769. The number of aromatic nitrogens is 3. The summed E-state index contributed by atoms with van der Waals surface area (Å²) >= 11 is 1.49. The van der Waals surface area contributed by atoms with Gasteiger partial charge in [-0.1, -0.05) is 65.9 Å². The number of hydrogen-bond donors (Lipinski definition) is 0. The molecule has 2 heterocycles. The number of thioether (sulfide) groups is 1. The van der Waals surface area contributed by atoms with Gasteiger partial charge in [0.05, 0.1) is 10.4 Å². The van der Waals surface area contributed by atoms with Crippen LogP contribution in [0.1, 0.15) is 5.56 Å². The van der Waals surface area contributed by atoms with Crippen LogP contribution in [0, 0.1) is 17.0 Å². The maximum Gasteiger partial charge on any atom is 0.270 e. The molecule has 6 nitrogen and oxygen atoms in total. The summed E-state index contributed by atoms with van der Waals surface area (Å²) in [6, 6.07) is 23.2. The normalized spacial score (nSPS) is 11.1. The standard InChI is InChI=1S/C26H20N4O2S/c1-17-6-8-18(9-7-17)23-16-29(25-12-13-27-26(28-25)33-2)24-15-20(10-11-22(23)24)19-4-3-5-21(14-19)30(31)32/h3-16H,1-2H3. The summed E-state index contributed by atoms with van der Waals surface area (Å²) in [6.07, 6.45) is 5.81. The highest BCUT2D eigenvalue weighted by Crippen LogP contribution is 2.35. The monoisotopic (exact) mass is 452 g/mol. The molecule has 5 rings (SSSR count). The van der Waals surface area contributed by atoms with Gasteiger partial charge >= 0.3 is 0 Å². The highest BCUT2D eigenvalue weighted by Gasteiger charge is 2.15. The van der Waals surface area contributed by atoms with E-state index in [0.717, 1.165) is 39.0 Å². The molecule has 0 aliphatic carbocycles. The fourth-order valence-corrected chi connectivity index (χ4v) is 4.27. The molecular weight excluding hydrogens is 432 g/mol. The number of nitro benzene ring substituents is 1. The van der Waals surface area contributed by atoms with Gasteiger partial charge in [-0.2, -0.15) is 0 Å². The Morgan fingerprint density at radius 3 is 2.45 bits per heavy atom. The third kappa shape index (κ3) is 3.99. The molecule has 7 heteroatoms. The van der Waals surface area contributed by atoms with Gasteiger partial charge in [0.2, 0.25) is 0 Å². The zero-order valence-corrected chi connectivity index (χ0v) is 18.9. The van der Waals surface area contributed by atoms with Crippen LogP contribution in [0.4, 0.5) is 5.69 Å². The molecular formula is C26H20N4O2S. The summed E-state index contributed by atoms with van der Waals surface area (Å²) in [6.45, 7) is 2.07. The van der Waals surface area contributed by atoms with Crippen molar-refractivity contribution in [1.29, 1.82) is 0 Å². The topological polar surface area (TPSA) is 73.8 Å². The molecule has 162 valence electrons. The number of hydrogen-bond acceptors (Lipinski definition) is 5. The molecule has 0 atom stereocenters. The van der Waals surface area contributed by atoms with Gasteiger partial charge in [-0.05, 0) is 42.0 Å². The SMILES string of the molecule is CSc1nccc(-n2cc(-c3ccc(C)cc3)c3ccc(-c4cccc([N+](=O)[O-])c4)cc32)n1. The molecule has 3 aromatic carbocycles. The van der Waals surface area contributed by atoms with E-state index < -0.39 is 0 Å². The van der Waals surface area contributed by atoms with Crippen LogP contribution in [-0.2, 0) is 0 Å². The van der Waals surface area contributed by atoms with Crippen molar-refractivity contribution < 1.29 is 4.92 Å². The van der Waals surface area contributed by atoms with Gasteiger partial charge in [0.25, 0.3) is 5.69 Å². The molecule has 33 heavy (non-hydrogen) atoms. The number of aryl methyl sites for hydroxylation is 1. The van der Waals surface area contributed by atoms with E-state index >= 15 is 0 Å². The van der Waals surface area contributed by atoms with Crippen molar-refractivity contribution in [2.75, 3.05) is 6.26 Å². The molecule has 0 bridgehead atoms. The number of rotatable bonds is 5. The Labute approximate surface area is 195 Å². The van der Waals surface area contributed by atoms with Crippen molar-refractivity contribution >= 4 is 28.4 Å². The summed E-state index contributed by atoms with van der Waals surface area (Å²) in [5, 5.41) is 13.0. The molecule has 0 fully saturated rings. The number of nitrogens with zero attached hydrogens (tertiary/aromatic N) is 4. The zero-order chi connectivity index (χ0) is 22.9. The smallest absolute Gasteiger partial charge is 0.270 e. The Balaban J connectivity index is 1.74. The quantitative estimate of drug-likeness (QED) is 0.128. The van der Waals surface area contributed by atoms with Crippen molar-refractivity contribution in [3.8, 4) is 28.1 Å². The summed E-state index contributed by atoms with van der Waals surface area (Å²) < 4.78 is 2.06. The maximum atomic E-state index is 11.3. The van der Waals surface area contributed by atoms with Crippen molar-refractivity contribution in [1.82, 2.24) is 14.5 Å². The Hall–Kier alpha value is -3.97. The Morgan fingerprint density at radius 2 is 1.70 bits per heavy atom. The molecule has 0 radical (unpaired) electrons. The lowest BCUT2D eigenvalue weighted by molar-refractivity contribution is -0.384. The van der Waals surface area contributed by atoms with Crippen LogP contribution in [0.2, 0.25) is 0 Å². The number of fused-ring (bicyclic) bond motifs is 1. The number of nitro groups is 1. The summed E-state index contributed by atoms with van der Waals surface area (Å²) in [4.78, 5) is 19.9. The maximum absolute atomic E-state index is 11.3. The third-order valence-electron chi connectivity index (χ3n) is 5.61. The summed E-state index contributed by atoms with van der Waals surface area (Å²) in [5.41, 5.74) is 6.16. The lowest BCUT2D eigenvalue weighted by Gasteiger charge is -2.07. The summed E-state index contributed by atoms with van der Waals surface area (Å²) in [7, 11) is 0. The van der Waals surface area contributed by atoms with Gasteiger partial charge in [-0.3, -0.25) is 10.1 Å². The molecule has 0 aliphatic rings. The molecule has 0 spiro atoms. The first-order chi connectivity index (χ1) is 16.0. The third-order valence-corrected chi connectivity index (χ3v) is 6.17. The Kier molecular flexibility index (Phi) is 5.40. The predicted molar refractivity (Wildman–Crippen MR) is 133 cm³/mol.